The number of benzene rings is 2. The maximum absolute atomic E-state index is 12.3. The number of aromatic nitrogens is 2. The van der Waals surface area contributed by atoms with Crippen LogP contribution in [-0.2, 0) is 0 Å². The Bertz CT molecular complexity index is 1030. The number of para-hydroxylation sites is 2. The second-order valence-electron chi connectivity index (χ2n) is 5.40. The zero-order valence-corrected chi connectivity index (χ0v) is 12.6. The number of hydrogen-bond acceptors (Lipinski definition) is 2. The molecule has 2 amide bonds. The third-order valence-electron chi connectivity index (χ3n) is 3.88. The molecule has 24 heavy (non-hydrogen) atoms. The first-order valence-corrected chi connectivity index (χ1v) is 7.47. The van der Waals surface area contributed by atoms with Gasteiger partial charge in [0.05, 0.1) is 5.52 Å². The van der Waals surface area contributed by atoms with Gasteiger partial charge in [0, 0.05) is 22.5 Å². The van der Waals surface area contributed by atoms with Gasteiger partial charge in [0.15, 0.2) is 0 Å². The standard InChI is InChI=1S/C18H14N4O2/c23-17(15-11-13-6-1-3-7-14(13)19-15)20-21-18(24)22-10-9-12-5-2-4-8-16(12)22/h1-11,19H,(H,20,23)(H,21,24). The lowest BCUT2D eigenvalue weighted by Crippen LogP contribution is -2.43. The number of nitrogens with zero attached hydrogens (tertiary/aromatic N) is 1. The Kier molecular flexibility index (Phi) is 3.28. The van der Waals surface area contributed by atoms with Gasteiger partial charge in [0.2, 0.25) is 0 Å². The highest BCUT2D eigenvalue weighted by atomic mass is 16.2. The van der Waals surface area contributed by atoms with E-state index in [2.05, 4.69) is 15.8 Å². The molecule has 2 heterocycles. The summed E-state index contributed by atoms with van der Waals surface area (Å²) in [6.07, 6.45) is 1.66. The molecule has 4 rings (SSSR count). The SMILES string of the molecule is O=C(NNC(=O)n1ccc2ccccc21)c1cc2ccccc2[nH]1. The summed E-state index contributed by atoms with van der Waals surface area (Å²) in [7, 11) is 0. The Morgan fingerprint density at radius 3 is 2.46 bits per heavy atom. The van der Waals surface area contributed by atoms with Crippen molar-refractivity contribution in [2.45, 2.75) is 0 Å². The van der Waals surface area contributed by atoms with Gasteiger partial charge in [-0.2, -0.15) is 0 Å². The molecule has 0 radical (unpaired) electrons. The zero-order valence-electron chi connectivity index (χ0n) is 12.6. The lowest BCUT2D eigenvalue weighted by molar-refractivity contribution is 0.0932. The van der Waals surface area contributed by atoms with Crippen molar-refractivity contribution in [1.82, 2.24) is 20.4 Å². The van der Waals surface area contributed by atoms with E-state index in [1.54, 1.807) is 12.3 Å². The van der Waals surface area contributed by atoms with Crippen LogP contribution >= 0.6 is 0 Å². The smallest absolute Gasteiger partial charge is 0.344 e. The molecule has 4 aromatic rings. The van der Waals surface area contributed by atoms with Crippen LogP contribution in [0.4, 0.5) is 4.79 Å². The van der Waals surface area contributed by atoms with Crippen LogP contribution < -0.4 is 10.9 Å². The molecule has 3 N–H and O–H groups in total. The van der Waals surface area contributed by atoms with Gasteiger partial charge in [0.1, 0.15) is 5.69 Å². The van der Waals surface area contributed by atoms with Crippen LogP contribution in [0.25, 0.3) is 21.8 Å². The first-order valence-electron chi connectivity index (χ1n) is 7.47. The number of aromatic amines is 1. The molecule has 0 aliphatic rings. The second-order valence-corrected chi connectivity index (χ2v) is 5.40. The number of hydrogen-bond donors (Lipinski definition) is 3. The monoisotopic (exact) mass is 318 g/mol. The van der Waals surface area contributed by atoms with Crippen LogP contribution in [0.15, 0.2) is 66.9 Å². The number of fused-ring (bicyclic) bond motifs is 2. The van der Waals surface area contributed by atoms with Crippen molar-refractivity contribution in [2.24, 2.45) is 0 Å². The molecule has 2 aromatic carbocycles. The lowest BCUT2D eigenvalue weighted by atomic mass is 10.2. The fourth-order valence-corrected chi connectivity index (χ4v) is 2.69. The minimum absolute atomic E-state index is 0.383. The predicted molar refractivity (Wildman–Crippen MR) is 91.6 cm³/mol. The second kappa shape index (κ2) is 5.58. The number of amides is 2. The molecule has 6 heteroatoms. The van der Waals surface area contributed by atoms with E-state index < -0.39 is 11.9 Å². The summed E-state index contributed by atoms with van der Waals surface area (Å²) >= 11 is 0. The fraction of sp³-hybridized carbons (Fsp3) is 0. The Labute approximate surface area is 137 Å². The van der Waals surface area contributed by atoms with Crippen LogP contribution in [0.5, 0.6) is 0 Å². The molecule has 2 aromatic heterocycles. The molecular weight excluding hydrogens is 304 g/mol. The van der Waals surface area contributed by atoms with E-state index in [4.69, 9.17) is 0 Å². The van der Waals surface area contributed by atoms with Crippen LogP contribution in [0.3, 0.4) is 0 Å². The van der Waals surface area contributed by atoms with Crippen molar-refractivity contribution in [3.05, 3.63) is 72.6 Å². The van der Waals surface area contributed by atoms with Gasteiger partial charge >= 0.3 is 6.03 Å². The average molecular weight is 318 g/mol. The minimum atomic E-state index is -0.430. The highest BCUT2D eigenvalue weighted by Crippen LogP contribution is 2.15. The fourth-order valence-electron chi connectivity index (χ4n) is 2.69. The van der Waals surface area contributed by atoms with Gasteiger partial charge in [-0.15, -0.1) is 0 Å². The highest BCUT2D eigenvalue weighted by molar-refractivity contribution is 5.99. The quantitative estimate of drug-likeness (QED) is 0.472. The summed E-state index contributed by atoms with van der Waals surface area (Å²) in [6.45, 7) is 0. The van der Waals surface area contributed by atoms with Gasteiger partial charge < -0.3 is 4.98 Å². The normalized spacial score (nSPS) is 10.8. The number of carbonyl (C=O) groups is 2. The molecule has 0 aliphatic heterocycles. The molecule has 0 aliphatic carbocycles. The molecule has 0 bridgehead atoms. The average Bonchev–Trinajstić information content (AvgIpc) is 3.23. The van der Waals surface area contributed by atoms with E-state index in [-0.39, 0.29) is 0 Å². The summed E-state index contributed by atoms with van der Waals surface area (Å²) in [5, 5.41) is 1.89. The van der Waals surface area contributed by atoms with Crippen LogP contribution in [0.2, 0.25) is 0 Å². The molecule has 6 nitrogen and oxygen atoms in total. The van der Waals surface area contributed by atoms with E-state index >= 15 is 0 Å². The van der Waals surface area contributed by atoms with Gasteiger partial charge in [0.25, 0.3) is 5.91 Å². The molecule has 0 fully saturated rings. The minimum Gasteiger partial charge on any atom is -0.350 e. The summed E-state index contributed by atoms with van der Waals surface area (Å²) in [4.78, 5) is 27.5. The maximum Gasteiger partial charge on any atom is 0.344 e. The Morgan fingerprint density at radius 2 is 1.62 bits per heavy atom. The van der Waals surface area contributed by atoms with Crippen molar-refractivity contribution in [1.29, 1.82) is 0 Å². The summed E-state index contributed by atoms with van der Waals surface area (Å²) in [5.74, 6) is -0.406. The molecule has 118 valence electrons. The van der Waals surface area contributed by atoms with Crippen LogP contribution in [0.1, 0.15) is 10.5 Å². The van der Waals surface area contributed by atoms with Crippen LogP contribution in [-0.4, -0.2) is 21.5 Å². The molecule has 0 spiro atoms. The summed E-state index contributed by atoms with van der Waals surface area (Å²) in [5.41, 5.74) is 6.87. The summed E-state index contributed by atoms with van der Waals surface area (Å²) < 4.78 is 1.45. The van der Waals surface area contributed by atoms with Gasteiger partial charge in [-0.05, 0) is 24.3 Å². The Morgan fingerprint density at radius 1 is 0.875 bits per heavy atom. The molecular formula is C18H14N4O2. The van der Waals surface area contributed by atoms with Crippen LogP contribution in [0, 0.1) is 0 Å². The van der Waals surface area contributed by atoms with E-state index in [1.807, 2.05) is 54.6 Å². The first-order chi connectivity index (χ1) is 11.7. The largest absolute Gasteiger partial charge is 0.350 e. The number of nitrogens with one attached hydrogen (secondary N) is 3. The molecule has 0 atom stereocenters. The number of hydrazine groups is 1. The highest BCUT2D eigenvalue weighted by Gasteiger charge is 2.12. The maximum atomic E-state index is 12.3. The van der Waals surface area contributed by atoms with Crippen molar-refractivity contribution in [2.75, 3.05) is 0 Å². The van der Waals surface area contributed by atoms with E-state index in [9.17, 15) is 9.59 Å². The number of rotatable bonds is 1. The Balaban J connectivity index is 1.49. The van der Waals surface area contributed by atoms with Crippen molar-refractivity contribution < 1.29 is 9.59 Å². The van der Waals surface area contributed by atoms with Gasteiger partial charge in [-0.1, -0.05) is 36.4 Å². The van der Waals surface area contributed by atoms with Crippen molar-refractivity contribution in [3.63, 3.8) is 0 Å². The molecule has 0 saturated heterocycles. The third kappa shape index (κ3) is 2.40. The number of H-pyrrole nitrogens is 1. The van der Waals surface area contributed by atoms with E-state index in [0.29, 0.717) is 5.69 Å². The van der Waals surface area contributed by atoms with Crippen molar-refractivity contribution in [3.8, 4) is 0 Å². The first kappa shape index (κ1) is 14.1. The van der Waals surface area contributed by atoms with Crippen molar-refractivity contribution >= 4 is 33.7 Å². The van der Waals surface area contributed by atoms with Gasteiger partial charge in [-0.25, -0.2) is 10.2 Å². The molecule has 0 saturated carbocycles. The lowest BCUT2D eigenvalue weighted by Gasteiger charge is -2.08. The molecule has 0 unspecified atom stereocenters. The van der Waals surface area contributed by atoms with E-state index in [1.165, 1.54) is 4.57 Å². The predicted octanol–water partition coefficient (Wildman–Crippen LogP) is 3.03. The Hall–Kier alpha value is -3.54. The third-order valence-corrected chi connectivity index (χ3v) is 3.88. The summed E-state index contributed by atoms with van der Waals surface area (Å²) in [6, 6.07) is 18.3. The topological polar surface area (TPSA) is 78.9 Å². The zero-order chi connectivity index (χ0) is 16.5. The number of carbonyl (C=O) groups excluding carboxylic acids is 2. The van der Waals surface area contributed by atoms with Gasteiger partial charge in [-0.3, -0.25) is 14.8 Å². The van der Waals surface area contributed by atoms with E-state index in [0.717, 1.165) is 21.8 Å².